The topological polar surface area (TPSA) is 97.5 Å². The lowest BCUT2D eigenvalue weighted by molar-refractivity contribution is -0.719. The fourth-order valence-corrected chi connectivity index (χ4v) is 4.49. The van der Waals surface area contributed by atoms with E-state index in [0.29, 0.717) is 22.3 Å². The van der Waals surface area contributed by atoms with Gasteiger partial charge in [0, 0.05) is 5.39 Å². The Bertz CT molecular complexity index is 1160. The molecule has 5 rings (SSSR count). The number of nitrogens with two attached hydrogens (primary N) is 1. The highest BCUT2D eigenvalue weighted by Crippen LogP contribution is 2.46. The van der Waals surface area contributed by atoms with Crippen molar-refractivity contribution in [1.29, 1.82) is 0 Å². The minimum atomic E-state index is -0.418. The first kappa shape index (κ1) is 17.4. The molecule has 1 aliphatic rings. The van der Waals surface area contributed by atoms with E-state index in [1.54, 1.807) is 36.4 Å². The summed E-state index contributed by atoms with van der Waals surface area (Å²) < 4.78 is 0. The van der Waals surface area contributed by atoms with Gasteiger partial charge >= 0.3 is 0 Å². The van der Waals surface area contributed by atoms with Crippen LogP contribution in [-0.2, 0) is 0 Å². The standard InChI is InChI=1S/C24H19NO4/c26-16-7-3-1-5-14(16)23-21-18(28)11-9-13-10-12-19(29)22(20(13)21)24(25-23)15-6-2-4-8-17(15)27/h1-12,23-29H/p+1/t23-,24-/m1/s1. The summed E-state index contributed by atoms with van der Waals surface area (Å²) in [4.78, 5) is 0. The van der Waals surface area contributed by atoms with Crippen LogP contribution in [0.2, 0.25) is 0 Å². The van der Waals surface area contributed by atoms with E-state index < -0.39 is 12.1 Å². The van der Waals surface area contributed by atoms with Crippen LogP contribution in [0.4, 0.5) is 0 Å². The van der Waals surface area contributed by atoms with Gasteiger partial charge in [0.2, 0.25) is 0 Å². The average molecular weight is 386 g/mol. The number of rotatable bonds is 2. The third-order valence-electron chi connectivity index (χ3n) is 5.77. The number of phenols is 4. The zero-order chi connectivity index (χ0) is 20.1. The van der Waals surface area contributed by atoms with Crippen LogP contribution < -0.4 is 5.32 Å². The molecule has 0 saturated carbocycles. The second kappa shape index (κ2) is 6.43. The summed E-state index contributed by atoms with van der Waals surface area (Å²) in [5, 5.41) is 46.1. The molecule has 0 unspecified atom stereocenters. The molecule has 144 valence electrons. The molecule has 0 bridgehead atoms. The maximum absolute atomic E-state index is 10.8. The van der Waals surface area contributed by atoms with Crippen LogP contribution >= 0.6 is 0 Å². The third kappa shape index (κ3) is 2.59. The number of benzene rings is 4. The van der Waals surface area contributed by atoms with E-state index in [4.69, 9.17) is 0 Å². The van der Waals surface area contributed by atoms with E-state index in [2.05, 4.69) is 0 Å². The number of hydrogen-bond acceptors (Lipinski definition) is 4. The first-order chi connectivity index (χ1) is 14.1. The highest BCUT2D eigenvalue weighted by Gasteiger charge is 2.39. The van der Waals surface area contributed by atoms with Gasteiger partial charge in [-0.1, -0.05) is 36.4 Å². The van der Waals surface area contributed by atoms with Crippen molar-refractivity contribution in [3.63, 3.8) is 0 Å². The van der Waals surface area contributed by atoms with Crippen LogP contribution in [0.1, 0.15) is 34.3 Å². The Hall–Kier alpha value is -3.70. The van der Waals surface area contributed by atoms with Gasteiger partial charge in [0.05, 0.1) is 22.3 Å². The molecule has 5 heteroatoms. The molecule has 0 saturated heterocycles. The van der Waals surface area contributed by atoms with E-state index in [1.165, 1.54) is 0 Å². The summed E-state index contributed by atoms with van der Waals surface area (Å²) in [5.41, 5.74) is 2.59. The van der Waals surface area contributed by atoms with Crippen molar-refractivity contribution in [3.05, 3.63) is 95.1 Å². The number of para-hydroxylation sites is 2. The molecule has 1 aliphatic heterocycles. The maximum atomic E-state index is 10.8. The molecule has 0 aromatic heterocycles. The van der Waals surface area contributed by atoms with Crippen molar-refractivity contribution in [2.45, 2.75) is 12.1 Å². The van der Waals surface area contributed by atoms with E-state index in [1.807, 2.05) is 41.7 Å². The smallest absolute Gasteiger partial charge is 0.146 e. The summed E-state index contributed by atoms with van der Waals surface area (Å²) in [7, 11) is 0. The Kier molecular flexibility index (Phi) is 3.86. The number of hydrogen-bond donors (Lipinski definition) is 5. The molecule has 0 spiro atoms. The van der Waals surface area contributed by atoms with Crippen molar-refractivity contribution in [2.75, 3.05) is 0 Å². The van der Waals surface area contributed by atoms with Crippen LogP contribution in [0.5, 0.6) is 23.0 Å². The van der Waals surface area contributed by atoms with Crippen molar-refractivity contribution >= 4 is 10.8 Å². The number of quaternary nitrogens is 1. The van der Waals surface area contributed by atoms with Gasteiger partial charge in [-0.05, 0) is 41.8 Å². The summed E-state index contributed by atoms with van der Waals surface area (Å²) >= 11 is 0. The Balaban J connectivity index is 1.88. The molecule has 4 aromatic carbocycles. The summed E-state index contributed by atoms with van der Waals surface area (Å²) in [6.07, 6.45) is 0. The second-order valence-electron chi connectivity index (χ2n) is 7.36. The zero-order valence-electron chi connectivity index (χ0n) is 15.4. The molecule has 0 radical (unpaired) electrons. The Morgan fingerprint density at radius 1 is 0.517 bits per heavy atom. The highest BCUT2D eigenvalue weighted by atomic mass is 16.3. The molecular weight excluding hydrogens is 366 g/mol. The SMILES string of the molecule is Oc1ccccc1[C@H]1[NH2+][C@H](c2ccccc2O)c2c(O)ccc3ccc(O)c1c23. The summed E-state index contributed by atoms with van der Waals surface area (Å²) in [6, 6.07) is 20.1. The molecule has 1 heterocycles. The molecule has 6 N–H and O–H groups in total. The predicted octanol–water partition coefficient (Wildman–Crippen LogP) is 3.42. The highest BCUT2D eigenvalue weighted by molar-refractivity contribution is 5.94. The third-order valence-corrected chi connectivity index (χ3v) is 5.77. The lowest BCUT2D eigenvalue weighted by Gasteiger charge is -2.32. The summed E-state index contributed by atoms with van der Waals surface area (Å²) in [6.45, 7) is 0. The van der Waals surface area contributed by atoms with E-state index in [-0.39, 0.29) is 23.0 Å². The van der Waals surface area contributed by atoms with Crippen LogP contribution in [0, 0.1) is 0 Å². The Morgan fingerprint density at radius 2 is 0.966 bits per heavy atom. The second-order valence-corrected chi connectivity index (χ2v) is 7.36. The minimum Gasteiger partial charge on any atom is -0.507 e. The van der Waals surface area contributed by atoms with Crippen molar-refractivity contribution in [1.82, 2.24) is 0 Å². The predicted molar refractivity (Wildman–Crippen MR) is 109 cm³/mol. The minimum absolute atomic E-state index is 0.101. The van der Waals surface area contributed by atoms with Gasteiger partial charge in [-0.2, -0.15) is 0 Å². The number of phenolic OH excluding ortho intramolecular Hbond substituents is 4. The Morgan fingerprint density at radius 3 is 1.41 bits per heavy atom. The monoisotopic (exact) mass is 386 g/mol. The largest absolute Gasteiger partial charge is 0.507 e. The molecule has 0 aliphatic carbocycles. The quantitative estimate of drug-likeness (QED) is 0.365. The van der Waals surface area contributed by atoms with E-state index in [0.717, 1.165) is 10.8 Å². The molecule has 0 amide bonds. The van der Waals surface area contributed by atoms with Gasteiger partial charge < -0.3 is 25.7 Å². The van der Waals surface area contributed by atoms with Gasteiger partial charge in [-0.3, -0.25) is 0 Å². The molecule has 2 atom stereocenters. The van der Waals surface area contributed by atoms with Crippen LogP contribution in [0.3, 0.4) is 0 Å². The van der Waals surface area contributed by atoms with Crippen molar-refractivity contribution < 1.29 is 25.7 Å². The van der Waals surface area contributed by atoms with Crippen LogP contribution in [0.25, 0.3) is 10.8 Å². The first-order valence-corrected chi connectivity index (χ1v) is 9.44. The van der Waals surface area contributed by atoms with Crippen molar-refractivity contribution in [2.24, 2.45) is 0 Å². The van der Waals surface area contributed by atoms with E-state index in [9.17, 15) is 20.4 Å². The van der Waals surface area contributed by atoms with Gasteiger partial charge in [0.15, 0.2) is 0 Å². The fourth-order valence-electron chi connectivity index (χ4n) is 4.49. The molecular formula is C24H20NO4+. The van der Waals surface area contributed by atoms with Crippen molar-refractivity contribution in [3.8, 4) is 23.0 Å². The Labute approximate surface area is 167 Å². The number of aromatic hydroxyl groups is 4. The maximum Gasteiger partial charge on any atom is 0.146 e. The van der Waals surface area contributed by atoms with Gasteiger partial charge in [-0.25, -0.2) is 0 Å². The van der Waals surface area contributed by atoms with Gasteiger partial charge in [0.25, 0.3) is 0 Å². The van der Waals surface area contributed by atoms with Crippen LogP contribution in [-0.4, -0.2) is 20.4 Å². The van der Waals surface area contributed by atoms with Gasteiger partial charge in [0.1, 0.15) is 35.1 Å². The zero-order valence-corrected chi connectivity index (χ0v) is 15.4. The molecule has 4 aromatic rings. The van der Waals surface area contributed by atoms with Crippen LogP contribution in [0.15, 0.2) is 72.8 Å². The first-order valence-electron chi connectivity index (χ1n) is 9.44. The molecule has 5 nitrogen and oxygen atoms in total. The van der Waals surface area contributed by atoms with Gasteiger partial charge in [-0.15, -0.1) is 0 Å². The lowest BCUT2D eigenvalue weighted by atomic mass is 9.81. The normalized spacial score (nSPS) is 18.1. The molecule has 0 fully saturated rings. The molecule has 29 heavy (non-hydrogen) atoms. The summed E-state index contributed by atoms with van der Waals surface area (Å²) in [5.74, 6) is 0.462. The average Bonchev–Trinajstić information content (AvgIpc) is 2.72. The van der Waals surface area contributed by atoms with E-state index >= 15 is 0 Å². The fraction of sp³-hybridized carbons (Fsp3) is 0.0833. The lowest BCUT2D eigenvalue weighted by Crippen LogP contribution is -2.87.